The number of amides is 2. The first kappa shape index (κ1) is 24.4. The molecule has 1 aliphatic carbocycles. The Labute approximate surface area is 228 Å². The first-order valence-corrected chi connectivity index (χ1v) is 13.1. The Bertz CT molecular complexity index is 1490. The lowest BCUT2D eigenvalue weighted by Crippen LogP contribution is -2.55. The fraction of sp³-hybridized carbons (Fsp3) is 0.0857. The van der Waals surface area contributed by atoms with Gasteiger partial charge in [-0.2, -0.15) is 0 Å². The lowest BCUT2D eigenvalue weighted by atomic mass is 9.68. The van der Waals surface area contributed by atoms with Gasteiger partial charge < -0.3 is 11.1 Å². The Balaban J connectivity index is 1.53. The van der Waals surface area contributed by atoms with Gasteiger partial charge >= 0.3 is 0 Å². The maximum Gasteiger partial charge on any atom is 0.240 e. The lowest BCUT2D eigenvalue weighted by Gasteiger charge is -2.36. The van der Waals surface area contributed by atoms with Crippen LogP contribution in [0.1, 0.15) is 33.7 Å². The minimum atomic E-state index is -1.21. The van der Waals surface area contributed by atoms with E-state index >= 15 is 0 Å². The normalized spacial score (nSPS) is 13.2. The molecule has 0 aromatic heterocycles. The maximum absolute atomic E-state index is 14.8. The predicted octanol–water partition coefficient (Wildman–Crippen LogP) is 5.80. The average Bonchev–Trinajstić information content (AvgIpc) is 3.32. The highest BCUT2D eigenvalue weighted by Crippen LogP contribution is 2.47. The first-order valence-electron chi connectivity index (χ1n) is 13.1. The Hall–Kier alpha value is -4.96. The van der Waals surface area contributed by atoms with Gasteiger partial charge in [0.2, 0.25) is 11.8 Å². The zero-order valence-corrected chi connectivity index (χ0v) is 21.3. The van der Waals surface area contributed by atoms with Gasteiger partial charge in [0.15, 0.2) is 0 Å². The lowest BCUT2D eigenvalue weighted by molar-refractivity contribution is -0.129. The molecule has 0 aliphatic heterocycles. The van der Waals surface area contributed by atoms with E-state index in [0.29, 0.717) is 0 Å². The van der Waals surface area contributed by atoms with Gasteiger partial charge in [0.25, 0.3) is 0 Å². The predicted molar refractivity (Wildman–Crippen MR) is 154 cm³/mol. The second-order valence-corrected chi connectivity index (χ2v) is 9.85. The number of benzene rings is 5. The minimum absolute atomic E-state index is 0.309. The molecule has 190 valence electrons. The maximum atomic E-state index is 14.8. The number of rotatable bonds is 7. The van der Waals surface area contributed by atoms with E-state index in [-0.39, 0.29) is 5.91 Å². The van der Waals surface area contributed by atoms with Crippen LogP contribution < -0.4 is 11.1 Å². The second-order valence-electron chi connectivity index (χ2n) is 9.85. The summed E-state index contributed by atoms with van der Waals surface area (Å²) in [7, 11) is 0. The van der Waals surface area contributed by atoms with Crippen LogP contribution in [0, 0.1) is 0 Å². The van der Waals surface area contributed by atoms with Crippen LogP contribution >= 0.6 is 0 Å². The number of carbonyl (C=O) groups excluding carboxylic acids is 2. The fourth-order valence-electron chi connectivity index (χ4n) is 6.08. The van der Waals surface area contributed by atoms with Gasteiger partial charge in [0.1, 0.15) is 11.5 Å². The van der Waals surface area contributed by atoms with Crippen molar-refractivity contribution < 1.29 is 9.59 Å². The van der Waals surface area contributed by atoms with E-state index in [4.69, 9.17) is 5.73 Å². The van der Waals surface area contributed by atoms with Crippen LogP contribution in [-0.4, -0.2) is 17.9 Å². The molecule has 4 heteroatoms. The SMILES string of the molecule is NC(=O)[C@H](NC(=O)C(c1ccccc1)(c1ccccc1)c1ccccc1)C1c2ccccc2-c2ccccc21. The summed E-state index contributed by atoms with van der Waals surface area (Å²) in [6.07, 6.45) is 0. The summed E-state index contributed by atoms with van der Waals surface area (Å²) < 4.78 is 0. The van der Waals surface area contributed by atoms with Crippen molar-refractivity contribution in [2.75, 3.05) is 0 Å². The summed E-state index contributed by atoms with van der Waals surface area (Å²) in [4.78, 5) is 28.0. The van der Waals surface area contributed by atoms with Crippen LogP contribution in [0.15, 0.2) is 140 Å². The molecular weight excluding hydrogens is 480 g/mol. The van der Waals surface area contributed by atoms with Crippen LogP contribution in [0.3, 0.4) is 0 Å². The summed E-state index contributed by atoms with van der Waals surface area (Å²) in [5, 5.41) is 3.16. The number of nitrogens with two attached hydrogens (primary N) is 1. The van der Waals surface area contributed by atoms with Crippen molar-refractivity contribution >= 4 is 11.8 Å². The molecule has 0 fully saturated rings. The quantitative estimate of drug-likeness (QED) is 0.273. The Morgan fingerprint density at radius 1 is 0.564 bits per heavy atom. The third kappa shape index (κ3) is 4.02. The number of fused-ring (bicyclic) bond motifs is 3. The Morgan fingerprint density at radius 3 is 1.31 bits per heavy atom. The van der Waals surface area contributed by atoms with Gasteiger partial charge in [-0.05, 0) is 38.9 Å². The monoisotopic (exact) mass is 508 g/mol. The zero-order chi connectivity index (χ0) is 26.8. The number of hydrogen-bond acceptors (Lipinski definition) is 2. The first-order chi connectivity index (χ1) is 19.1. The van der Waals surface area contributed by atoms with E-state index < -0.39 is 23.3 Å². The number of nitrogens with one attached hydrogen (secondary N) is 1. The summed E-state index contributed by atoms with van der Waals surface area (Å²) in [6.45, 7) is 0. The minimum Gasteiger partial charge on any atom is -0.368 e. The van der Waals surface area contributed by atoms with Crippen molar-refractivity contribution in [1.29, 1.82) is 0 Å². The molecule has 5 aromatic carbocycles. The topological polar surface area (TPSA) is 72.2 Å². The van der Waals surface area contributed by atoms with Gasteiger partial charge in [0, 0.05) is 5.92 Å². The molecule has 0 saturated carbocycles. The van der Waals surface area contributed by atoms with Crippen molar-refractivity contribution in [1.82, 2.24) is 5.32 Å². The smallest absolute Gasteiger partial charge is 0.240 e. The molecule has 5 aromatic rings. The summed E-state index contributed by atoms with van der Waals surface area (Å²) >= 11 is 0. The van der Waals surface area contributed by atoms with Gasteiger partial charge in [0.05, 0.1) is 0 Å². The van der Waals surface area contributed by atoms with Crippen LogP contribution in [0.25, 0.3) is 11.1 Å². The number of carbonyl (C=O) groups is 2. The van der Waals surface area contributed by atoms with E-state index in [1.807, 2.05) is 127 Å². The van der Waals surface area contributed by atoms with Gasteiger partial charge in [-0.15, -0.1) is 0 Å². The molecule has 0 unspecified atom stereocenters. The van der Waals surface area contributed by atoms with Gasteiger partial charge in [-0.1, -0.05) is 140 Å². The van der Waals surface area contributed by atoms with Crippen molar-refractivity contribution in [2.24, 2.45) is 5.73 Å². The summed E-state index contributed by atoms with van der Waals surface area (Å²) in [6, 6.07) is 44.2. The molecule has 0 bridgehead atoms. The van der Waals surface area contributed by atoms with Crippen LogP contribution in [0.4, 0.5) is 0 Å². The molecule has 2 amide bonds. The molecule has 39 heavy (non-hydrogen) atoms. The van der Waals surface area contributed by atoms with E-state index in [1.165, 1.54) is 0 Å². The third-order valence-corrected chi connectivity index (χ3v) is 7.77. The molecule has 0 saturated heterocycles. The van der Waals surface area contributed by atoms with E-state index in [0.717, 1.165) is 38.9 Å². The molecular formula is C35H28N2O2. The van der Waals surface area contributed by atoms with Gasteiger partial charge in [-0.25, -0.2) is 0 Å². The van der Waals surface area contributed by atoms with Crippen molar-refractivity contribution in [3.63, 3.8) is 0 Å². The molecule has 0 spiro atoms. The third-order valence-electron chi connectivity index (χ3n) is 7.77. The molecule has 4 nitrogen and oxygen atoms in total. The zero-order valence-electron chi connectivity index (χ0n) is 21.3. The van der Waals surface area contributed by atoms with Crippen LogP contribution in [0.2, 0.25) is 0 Å². The van der Waals surface area contributed by atoms with Crippen LogP contribution in [-0.2, 0) is 15.0 Å². The Kier molecular flexibility index (Phi) is 6.29. The Morgan fingerprint density at radius 2 is 0.923 bits per heavy atom. The van der Waals surface area contributed by atoms with E-state index in [1.54, 1.807) is 0 Å². The van der Waals surface area contributed by atoms with Crippen molar-refractivity contribution in [3.8, 4) is 11.1 Å². The van der Waals surface area contributed by atoms with Crippen molar-refractivity contribution in [3.05, 3.63) is 167 Å². The van der Waals surface area contributed by atoms with E-state index in [9.17, 15) is 9.59 Å². The summed E-state index contributed by atoms with van der Waals surface area (Å²) in [5.74, 6) is -1.29. The standard InChI is InChI=1S/C35H28N2O2/c36-33(38)32(31-29-22-12-10-20-27(29)28-21-11-13-23-30(28)31)37-34(39)35(24-14-4-1-5-15-24,25-16-6-2-7-17-25)26-18-8-3-9-19-26/h1-23,31-32H,(H2,36,38)(H,37,39)/t32-/m1/s1. The van der Waals surface area contributed by atoms with E-state index in [2.05, 4.69) is 17.4 Å². The molecule has 0 heterocycles. The highest BCUT2D eigenvalue weighted by molar-refractivity contribution is 5.99. The molecule has 6 rings (SSSR count). The largest absolute Gasteiger partial charge is 0.368 e. The number of hydrogen-bond donors (Lipinski definition) is 2. The molecule has 1 aliphatic rings. The van der Waals surface area contributed by atoms with Crippen molar-refractivity contribution in [2.45, 2.75) is 17.4 Å². The fourth-order valence-corrected chi connectivity index (χ4v) is 6.08. The molecule has 3 N–H and O–H groups in total. The van der Waals surface area contributed by atoms with Gasteiger partial charge in [-0.3, -0.25) is 9.59 Å². The van der Waals surface area contributed by atoms with Crippen LogP contribution in [0.5, 0.6) is 0 Å². The second kappa shape index (κ2) is 10.1. The highest BCUT2D eigenvalue weighted by Gasteiger charge is 2.47. The average molecular weight is 509 g/mol. The number of primary amides is 1. The highest BCUT2D eigenvalue weighted by atomic mass is 16.2. The summed E-state index contributed by atoms with van der Waals surface area (Å²) in [5.41, 5.74) is 11.3. The molecule has 1 atom stereocenters. The molecule has 0 radical (unpaired) electrons.